The summed E-state index contributed by atoms with van der Waals surface area (Å²) in [5.74, 6) is 0. The number of hydrogen-bond acceptors (Lipinski definition) is 2. The van der Waals surface area contributed by atoms with E-state index in [9.17, 15) is 9.59 Å². The average Bonchev–Trinajstić information content (AvgIpc) is 3.01. The highest BCUT2D eigenvalue weighted by Gasteiger charge is 2.15. The Balaban J connectivity index is 2.16. The smallest absolute Gasteiger partial charge is 0.194 e. The molecular weight excluding hydrogens is 272 g/mol. The van der Waals surface area contributed by atoms with Crippen LogP contribution in [0, 0.1) is 0 Å². The van der Waals surface area contributed by atoms with Gasteiger partial charge in [0.1, 0.15) is 0 Å². The number of rotatable bonds is 0. The Morgan fingerprint density at radius 1 is 0.409 bits per heavy atom. The lowest BCUT2D eigenvalue weighted by Gasteiger charge is -1.94. The Labute approximate surface area is 124 Å². The van der Waals surface area contributed by atoms with Crippen molar-refractivity contribution in [3.05, 3.63) is 81.1 Å². The zero-order chi connectivity index (χ0) is 14.8. The molecule has 2 heteroatoms. The molecular formula is C20H10O2. The highest BCUT2D eigenvalue weighted by Crippen LogP contribution is 2.31. The van der Waals surface area contributed by atoms with Gasteiger partial charge in [-0.05, 0) is 33.7 Å². The van der Waals surface area contributed by atoms with E-state index in [1.807, 2.05) is 54.6 Å². The third-order valence-corrected chi connectivity index (χ3v) is 4.57. The molecule has 102 valence electrons. The summed E-state index contributed by atoms with van der Waals surface area (Å²) in [6.07, 6.45) is 0. The normalized spacial score (nSPS) is 12.0. The maximum absolute atomic E-state index is 12.6. The third-order valence-electron chi connectivity index (χ3n) is 4.57. The summed E-state index contributed by atoms with van der Waals surface area (Å²) in [6, 6.07) is 19.0. The molecule has 0 aliphatic rings. The van der Waals surface area contributed by atoms with E-state index in [4.69, 9.17) is 0 Å². The molecule has 0 aliphatic carbocycles. The van der Waals surface area contributed by atoms with Gasteiger partial charge in [-0.25, -0.2) is 0 Å². The highest BCUT2D eigenvalue weighted by atomic mass is 16.1. The van der Waals surface area contributed by atoms with Crippen LogP contribution in [0.5, 0.6) is 0 Å². The molecule has 5 rings (SSSR count). The van der Waals surface area contributed by atoms with Crippen LogP contribution >= 0.6 is 0 Å². The molecule has 0 aliphatic heterocycles. The van der Waals surface area contributed by atoms with E-state index in [1.165, 1.54) is 0 Å². The van der Waals surface area contributed by atoms with Crippen LogP contribution in [0.1, 0.15) is 0 Å². The fraction of sp³-hybridized carbons (Fsp3) is 0. The number of benzene rings is 3. The molecule has 2 nitrogen and oxygen atoms in total. The van der Waals surface area contributed by atoms with E-state index in [-0.39, 0.29) is 10.9 Å². The average molecular weight is 282 g/mol. The summed E-state index contributed by atoms with van der Waals surface area (Å²) >= 11 is 0. The van der Waals surface area contributed by atoms with Gasteiger partial charge in [0.05, 0.1) is 0 Å². The van der Waals surface area contributed by atoms with Crippen LogP contribution in [0.4, 0.5) is 0 Å². The van der Waals surface area contributed by atoms with Gasteiger partial charge >= 0.3 is 0 Å². The van der Waals surface area contributed by atoms with Crippen molar-refractivity contribution >= 4 is 43.1 Å². The topological polar surface area (TPSA) is 34.1 Å². The standard InChI is InChI=1S/C20H10O2/c21-19-13-7-3-1-5-11(13)15-9-16-12-6-2-4-8-14(12)20(22)18(16)10-17(15)19/h1-10H. The van der Waals surface area contributed by atoms with Gasteiger partial charge < -0.3 is 0 Å². The second-order valence-corrected chi connectivity index (χ2v) is 5.69. The van der Waals surface area contributed by atoms with Crippen molar-refractivity contribution in [3.8, 4) is 0 Å². The number of hydrogen-bond donors (Lipinski definition) is 0. The van der Waals surface area contributed by atoms with Crippen LogP contribution in [0.15, 0.2) is 70.3 Å². The van der Waals surface area contributed by atoms with Gasteiger partial charge in [0.2, 0.25) is 0 Å². The maximum atomic E-state index is 12.6. The van der Waals surface area contributed by atoms with Crippen molar-refractivity contribution in [1.82, 2.24) is 0 Å². The van der Waals surface area contributed by atoms with E-state index in [1.54, 1.807) is 6.07 Å². The quantitative estimate of drug-likeness (QED) is 0.432. The first kappa shape index (κ1) is 11.6. The van der Waals surface area contributed by atoms with Crippen molar-refractivity contribution < 1.29 is 0 Å². The van der Waals surface area contributed by atoms with Gasteiger partial charge in [-0.15, -0.1) is 0 Å². The highest BCUT2D eigenvalue weighted by molar-refractivity contribution is 6.21. The Hall–Kier alpha value is -3.00. The van der Waals surface area contributed by atoms with Crippen LogP contribution in [0.25, 0.3) is 43.1 Å². The molecule has 0 fully saturated rings. The van der Waals surface area contributed by atoms with E-state index in [2.05, 4.69) is 0 Å². The van der Waals surface area contributed by atoms with Gasteiger partial charge in [0.15, 0.2) is 10.9 Å². The summed E-state index contributed by atoms with van der Waals surface area (Å²) in [7, 11) is 0. The van der Waals surface area contributed by atoms with Crippen molar-refractivity contribution in [2.24, 2.45) is 0 Å². The van der Waals surface area contributed by atoms with Crippen molar-refractivity contribution in [2.45, 2.75) is 0 Å². The SMILES string of the molecule is O=c1c2ccccc2c2cc3c(cc12)c(=O)c1ccccc13. The van der Waals surface area contributed by atoms with E-state index < -0.39 is 0 Å². The van der Waals surface area contributed by atoms with E-state index in [0.29, 0.717) is 10.8 Å². The van der Waals surface area contributed by atoms with Gasteiger partial charge in [-0.1, -0.05) is 48.5 Å². The van der Waals surface area contributed by atoms with Crippen LogP contribution in [-0.2, 0) is 0 Å². The Kier molecular flexibility index (Phi) is 2.01. The zero-order valence-corrected chi connectivity index (χ0v) is 11.6. The first-order chi connectivity index (χ1) is 10.8. The number of fused-ring (bicyclic) bond motifs is 6. The fourth-order valence-corrected chi connectivity index (χ4v) is 3.54. The first-order valence-electron chi connectivity index (χ1n) is 7.22. The third kappa shape index (κ3) is 1.25. The second kappa shape index (κ2) is 3.80. The van der Waals surface area contributed by atoms with Gasteiger partial charge in [-0.3, -0.25) is 9.59 Å². The molecule has 0 unspecified atom stereocenters. The summed E-state index contributed by atoms with van der Waals surface area (Å²) in [6.45, 7) is 0. The fourth-order valence-electron chi connectivity index (χ4n) is 3.54. The first-order valence-corrected chi connectivity index (χ1v) is 7.22. The summed E-state index contributed by atoms with van der Waals surface area (Å²) in [5.41, 5.74) is 0.0225. The van der Waals surface area contributed by atoms with Crippen LogP contribution in [0.3, 0.4) is 0 Å². The second-order valence-electron chi connectivity index (χ2n) is 5.69. The molecule has 0 N–H and O–H groups in total. The molecule has 0 amide bonds. The van der Waals surface area contributed by atoms with Crippen LogP contribution in [-0.4, -0.2) is 0 Å². The monoisotopic (exact) mass is 282 g/mol. The molecule has 22 heavy (non-hydrogen) atoms. The molecule has 0 radical (unpaired) electrons. The summed E-state index contributed by atoms with van der Waals surface area (Å²) in [4.78, 5) is 25.1. The Bertz CT molecular complexity index is 1200. The molecule has 0 heterocycles. The molecule has 5 aromatic carbocycles. The zero-order valence-electron chi connectivity index (χ0n) is 11.6. The minimum atomic E-state index is 0.0113. The minimum Gasteiger partial charge on any atom is -0.289 e. The molecule has 0 saturated carbocycles. The molecule has 5 aromatic rings. The largest absolute Gasteiger partial charge is 0.289 e. The van der Waals surface area contributed by atoms with Crippen LogP contribution in [0.2, 0.25) is 0 Å². The minimum absolute atomic E-state index is 0.0113. The lowest BCUT2D eigenvalue weighted by molar-refractivity contribution is 1.79. The summed E-state index contributed by atoms with van der Waals surface area (Å²) in [5, 5.41) is 6.52. The Morgan fingerprint density at radius 3 is 1.23 bits per heavy atom. The lowest BCUT2D eigenvalue weighted by atomic mass is 10.1. The maximum Gasteiger partial charge on any atom is 0.194 e. The molecule has 0 spiro atoms. The molecule has 0 aromatic heterocycles. The molecule has 0 saturated heterocycles. The van der Waals surface area contributed by atoms with Gasteiger partial charge in [-0.2, -0.15) is 0 Å². The van der Waals surface area contributed by atoms with Gasteiger partial charge in [0, 0.05) is 21.5 Å². The predicted octanol–water partition coefficient (Wildman–Crippen LogP) is 3.90. The predicted molar refractivity (Wildman–Crippen MR) is 91.4 cm³/mol. The lowest BCUT2D eigenvalue weighted by Crippen LogP contribution is -1.96. The van der Waals surface area contributed by atoms with Crippen LogP contribution < -0.4 is 10.9 Å². The Morgan fingerprint density at radius 2 is 0.773 bits per heavy atom. The van der Waals surface area contributed by atoms with Gasteiger partial charge in [0.25, 0.3) is 0 Å². The van der Waals surface area contributed by atoms with Crippen molar-refractivity contribution in [2.75, 3.05) is 0 Å². The van der Waals surface area contributed by atoms with Crippen molar-refractivity contribution in [3.63, 3.8) is 0 Å². The van der Waals surface area contributed by atoms with E-state index in [0.717, 1.165) is 32.3 Å². The van der Waals surface area contributed by atoms with Crippen molar-refractivity contribution in [1.29, 1.82) is 0 Å². The molecule has 0 bridgehead atoms. The molecule has 0 atom stereocenters. The summed E-state index contributed by atoms with van der Waals surface area (Å²) < 4.78 is 0. The van der Waals surface area contributed by atoms with E-state index >= 15 is 0 Å².